The van der Waals surface area contributed by atoms with Crippen LogP contribution in [0, 0.1) is 23.3 Å². The number of carboxylic acids is 2. The van der Waals surface area contributed by atoms with Crippen molar-refractivity contribution in [3.8, 4) is 0 Å². The highest BCUT2D eigenvalue weighted by molar-refractivity contribution is 6.12. The van der Waals surface area contributed by atoms with Crippen LogP contribution in [0.3, 0.4) is 0 Å². The lowest BCUT2D eigenvalue weighted by molar-refractivity contribution is -0.140. The quantitative estimate of drug-likeness (QED) is 0.209. The van der Waals surface area contributed by atoms with Crippen molar-refractivity contribution in [2.45, 2.75) is 20.3 Å². The Morgan fingerprint density at radius 3 is 1.83 bits per heavy atom. The number of aliphatic carboxylic acids is 2. The maximum Gasteiger partial charge on any atom is 0.344 e. The van der Waals surface area contributed by atoms with E-state index in [4.69, 9.17) is 10.2 Å². The molecule has 0 saturated carbocycles. The molecule has 0 fully saturated rings. The molecule has 0 spiro atoms. The molecule has 0 bridgehead atoms. The van der Waals surface area contributed by atoms with Gasteiger partial charge in [-0.15, -0.1) is 0 Å². The number of benzene rings is 1. The normalized spacial score (nSPS) is 10.3. The smallest absolute Gasteiger partial charge is 0.344 e. The summed E-state index contributed by atoms with van der Waals surface area (Å²) in [6, 6.07) is 0. The number of hydrogen-bond acceptors (Lipinski definition) is 3. The Kier molecular flexibility index (Phi) is 5.72. The van der Waals surface area contributed by atoms with E-state index in [1.54, 1.807) is 0 Å². The largest absolute Gasteiger partial charge is 0.477 e. The van der Waals surface area contributed by atoms with Crippen LogP contribution >= 0.6 is 0 Å². The lowest BCUT2D eigenvalue weighted by Crippen LogP contribution is -2.24. The minimum absolute atomic E-state index is 0.210. The maximum absolute atomic E-state index is 14.0. The molecule has 5 nitrogen and oxygen atoms in total. The number of anilines is 1. The van der Waals surface area contributed by atoms with Crippen LogP contribution in [-0.2, 0) is 16.0 Å². The monoisotopic (exact) mass is 335 g/mol. The molecule has 0 radical (unpaired) electrons. The van der Waals surface area contributed by atoms with Crippen molar-refractivity contribution < 1.29 is 37.4 Å². The SMILES string of the molecule is CCc1c(F)c(F)c(F)c(F)c1N(C=C(C(=O)O)C(=O)O)CC. The molecule has 0 saturated heterocycles. The molecule has 2 N–H and O–H groups in total. The molecule has 0 aliphatic rings. The first kappa shape index (κ1) is 18.5. The van der Waals surface area contributed by atoms with Crippen LogP contribution in [0.1, 0.15) is 19.4 Å². The Bertz CT molecular complexity index is 672. The summed E-state index contributed by atoms with van der Waals surface area (Å²) in [5, 5.41) is 17.6. The maximum atomic E-state index is 14.0. The number of carbonyl (C=O) groups is 2. The molecule has 1 rings (SSSR count). The van der Waals surface area contributed by atoms with E-state index in [0.29, 0.717) is 11.1 Å². The van der Waals surface area contributed by atoms with Gasteiger partial charge in [-0.3, -0.25) is 0 Å². The lowest BCUT2D eigenvalue weighted by Gasteiger charge is -2.23. The summed E-state index contributed by atoms with van der Waals surface area (Å²) in [5.41, 5.74) is -2.42. The third-order valence-corrected chi connectivity index (χ3v) is 3.06. The summed E-state index contributed by atoms with van der Waals surface area (Å²) in [4.78, 5) is 22.5. The predicted molar refractivity (Wildman–Crippen MR) is 72.0 cm³/mol. The predicted octanol–water partition coefficient (Wildman–Crippen LogP) is 2.68. The van der Waals surface area contributed by atoms with Crippen LogP contribution in [0.2, 0.25) is 0 Å². The average Bonchev–Trinajstić information content (AvgIpc) is 2.49. The van der Waals surface area contributed by atoms with E-state index in [1.807, 2.05) is 0 Å². The molecule has 9 heteroatoms. The standard InChI is InChI=1S/C14H13F4NO4/c1-3-6-8(15)9(16)10(17)11(18)12(6)19(4-2)5-7(13(20)21)14(22)23/h5H,3-4H2,1-2H3,(H,20,21)(H,22,23). The molecule has 23 heavy (non-hydrogen) atoms. The molecule has 0 amide bonds. The molecule has 0 aliphatic heterocycles. The van der Waals surface area contributed by atoms with Crippen LogP contribution in [0.5, 0.6) is 0 Å². The van der Waals surface area contributed by atoms with Crippen LogP contribution in [0.4, 0.5) is 23.2 Å². The van der Waals surface area contributed by atoms with Crippen molar-refractivity contribution in [1.29, 1.82) is 0 Å². The zero-order valence-electron chi connectivity index (χ0n) is 12.2. The van der Waals surface area contributed by atoms with Crippen LogP contribution in [-0.4, -0.2) is 28.7 Å². The van der Waals surface area contributed by atoms with Gasteiger partial charge in [-0.2, -0.15) is 0 Å². The van der Waals surface area contributed by atoms with E-state index in [-0.39, 0.29) is 13.0 Å². The van der Waals surface area contributed by atoms with Crippen LogP contribution in [0.15, 0.2) is 11.8 Å². The highest BCUT2D eigenvalue weighted by atomic mass is 19.2. The molecule has 0 aliphatic carbocycles. The fourth-order valence-corrected chi connectivity index (χ4v) is 1.96. The molecule has 1 aromatic rings. The van der Waals surface area contributed by atoms with Gasteiger partial charge in [-0.1, -0.05) is 6.92 Å². The van der Waals surface area contributed by atoms with E-state index >= 15 is 0 Å². The number of nitrogens with zero attached hydrogens (tertiary/aromatic N) is 1. The third kappa shape index (κ3) is 3.43. The Morgan fingerprint density at radius 1 is 0.957 bits per heavy atom. The Balaban J connectivity index is 3.68. The third-order valence-electron chi connectivity index (χ3n) is 3.06. The van der Waals surface area contributed by atoms with Crippen LogP contribution < -0.4 is 4.90 Å². The first-order valence-corrected chi connectivity index (χ1v) is 6.47. The highest BCUT2D eigenvalue weighted by Gasteiger charge is 2.28. The van der Waals surface area contributed by atoms with Gasteiger partial charge in [-0.25, -0.2) is 27.2 Å². The van der Waals surface area contributed by atoms with E-state index in [1.165, 1.54) is 13.8 Å². The Hall–Kier alpha value is -2.58. The van der Waals surface area contributed by atoms with Gasteiger partial charge >= 0.3 is 11.9 Å². The van der Waals surface area contributed by atoms with Crippen molar-refractivity contribution >= 4 is 17.6 Å². The van der Waals surface area contributed by atoms with E-state index in [2.05, 4.69) is 0 Å². The van der Waals surface area contributed by atoms with Gasteiger partial charge in [0.2, 0.25) is 0 Å². The molecular weight excluding hydrogens is 322 g/mol. The molecular formula is C14H13F4NO4. The zero-order valence-corrected chi connectivity index (χ0v) is 12.2. The topological polar surface area (TPSA) is 77.8 Å². The second kappa shape index (κ2) is 7.12. The van der Waals surface area contributed by atoms with Crippen molar-refractivity contribution in [1.82, 2.24) is 0 Å². The fourth-order valence-electron chi connectivity index (χ4n) is 1.96. The number of rotatable bonds is 6. The minimum atomic E-state index is -2.06. The number of hydrogen-bond donors (Lipinski definition) is 2. The van der Waals surface area contributed by atoms with Gasteiger partial charge in [0.1, 0.15) is 0 Å². The number of carboxylic acid groups (broad SMARTS) is 2. The van der Waals surface area contributed by atoms with Gasteiger partial charge < -0.3 is 15.1 Å². The molecule has 0 atom stereocenters. The second-order valence-corrected chi connectivity index (χ2v) is 4.38. The summed E-state index contributed by atoms with van der Waals surface area (Å²) in [6.45, 7) is 2.51. The van der Waals surface area contributed by atoms with Gasteiger partial charge in [0.25, 0.3) is 0 Å². The van der Waals surface area contributed by atoms with E-state index < -0.39 is 52.0 Å². The Labute approximate surface area is 128 Å². The van der Waals surface area contributed by atoms with Crippen molar-refractivity contribution in [3.63, 3.8) is 0 Å². The molecule has 0 heterocycles. The highest BCUT2D eigenvalue weighted by Crippen LogP contribution is 2.32. The van der Waals surface area contributed by atoms with Crippen molar-refractivity contribution in [3.05, 3.63) is 40.6 Å². The van der Waals surface area contributed by atoms with Crippen molar-refractivity contribution in [2.75, 3.05) is 11.4 Å². The second-order valence-electron chi connectivity index (χ2n) is 4.38. The van der Waals surface area contributed by atoms with Gasteiger partial charge in [0, 0.05) is 18.3 Å². The van der Waals surface area contributed by atoms with Gasteiger partial charge in [0.05, 0.1) is 5.69 Å². The first-order chi connectivity index (χ1) is 10.7. The molecule has 0 unspecified atom stereocenters. The fraction of sp³-hybridized carbons (Fsp3) is 0.286. The first-order valence-electron chi connectivity index (χ1n) is 6.47. The summed E-state index contributed by atoms with van der Waals surface area (Å²) in [5.74, 6) is -11.0. The summed E-state index contributed by atoms with van der Waals surface area (Å²) in [7, 11) is 0. The van der Waals surface area contributed by atoms with Gasteiger partial charge in [0.15, 0.2) is 28.8 Å². The summed E-state index contributed by atoms with van der Waals surface area (Å²) >= 11 is 0. The average molecular weight is 335 g/mol. The van der Waals surface area contributed by atoms with Gasteiger partial charge in [-0.05, 0) is 13.3 Å². The molecule has 1 aromatic carbocycles. The molecule has 126 valence electrons. The minimum Gasteiger partial charge on any atom is -0.477 e. The van der Waals surface area contributed by atoms with Crippen LogP contribution in [0.25, 0.3) is 0 Å². The summed E-state index contributed by atoms with van der Waals surface area (Å²) < 4.78 is 54.6. The Morgan fingerprint density at radius 2 is 1.43 bits per heavy atom. The summed E-state index contributed by atoms with van der Waals surface area (Å²) in [6.07, 6.45) is 0.300. The number of halogens is 4. The van der Waals surface area contributed by atoms with Crippen molar-refractivity contribution in [2.24, 2.45) is 0 Å². The van der Waals surface area contributed by atoms with E-state index in [0.717, 1.165) is 0 Å². The lowest BCUT2D eigenvalue weighted by atomic mass is 10.1. The molecule has 0 aromatic heterocycles. The van der Waals surface area contributed by atoms with E-state index in [9.17, 15) is 27.2 Å². The zero-order chi connectivity index (χ0) is 17.9.